The monoisotopic (exact) mass is 841 g/mol. The SMILES string of the molecule is O=C1CCC(N2Cc3cc(C4CCN(C(=O)CN5CCC6(CC5)CCN(c5cncc(Nc7ncc(Cl)c(-c8cccc(C9CC9)c8)n7)c5)C6=O)CC4)ccc3C2=O)C(=O)N1. The van der Waals surface area contributed by atoms with Crippen molar-refractivity contribution in [2.45, 2.75) is 82.2 Å². The summed E-state index contributed by atoms with van der Waals surface area (Å²) in [7, 11) is 0. The standard InChI is InChI=1S/C46H48ClN9O5/c47-37-25-49-45(52-41(37)32-3-1-2-30(20-32)28-4-5-28)50-34-22-35(24-48-23-34)55-19-14-46(44(55)61)12-17-53(18-13-46)27-40(58)54-15-10-29(11-16-54)31-6-7-36-33(21-31)26-56(43(36)60)38-8-9-39(57)51-42(38)59/h1-3,6-7,20-25,28-29,38H,4-5,8-19,26-27H2,(H,49,50,52)(H,51,57,59). The molecule has 7 heterocycles. The van der Waals surface area contributed by atoms with Gasteiger partial charge >= 0.3 is 0 Å². The molecule has 1 saturated carbocycles. The smallest absolute Gasteiger partial charge is 0.255 e. The van der Waals surface area contributed by atoms with E-state index in [1.54, 1.807) is 23.5 Å². The number of carbonyl (C=O) groups excluding carboxylic acids is 5. The van der Waals surface area contributed by atoms with E-state index in [-0.39, 0.29) is 36.0 Å². The highest BCUT2D eigenvalue weighted by molar-refractivity contribution is 6.32. The number of aromatic nitrogens is 3. The molecule has 2 N–H and O–H groups in total. The number of likely N-dealkylation sites (tertiary alicyclic amines) is 2. The van der Waals surface area contributed by atoms with E-state index in [1.165, 1.54) is 18.4 Å². The lowest BCUT2D eigenvalue weighted by Gasteiger charge is -2.39. The number of anilines is 3. The first-order valence-corrected chi connectivity index (χ1v) is 21.9. The Kier molecular flexibility index (Phi) is 10.3. The van der Waals surface area contributed by atoms with Gasteiger partial charge in [-0.15, -0.1) is 0 Å². The Morgan fingerprint density at radius 1 is 0.852 bits per heavy atom. The van der Waals surface area contributed by atoms with Crippen molar-refractivity contribution in [2.75, 3.05) is 49.5 Å². The van der Waals surface area contributed by atoms with Gasteiger partial charge < -0.3 is 20.0 Å². The minimum atomic E-state index is -0.634. The third-order valence-electron chi connectivity index (χ3n) is 13.8. The first-order valence-electron chi connectivity index (χ1n) is 21.6. The second-order valence-corrected chi connectivity index (χ2v) is 18.0. The van der Waals surface area contributed by atoms with Gasteiger partial charge in [-0.1, -0.05) is 41.9 Å². The zero-order valence-corrected chi connectivity index (χ0v) is 34.7. The Bertz CT molecular complexity index is 2440. The van der Waals surface area contributed by atoms with Crippen LogP contribution in [0.15, 0.2) is 67.1 Å². The molecule has 61 heavy (non-hydrogen) atoms. The summed E-state index contributed by atoms with van der Waals surface area (Å²) < 4.78 is 0. The fourth-order valence-corrected chi connectivity index (χ4v) is 10.2. The largest absolute Gasteiger partial charge is 0.342 e. The highest BCUT2D eigenvalue weighted by Crippen LogP contribution is 2.44. The number of halogens is 1. The molecule has 6 aliphatic rings. The van der Waals surface area contributed by atoms with Gasteiger partial charge in [-0.3, -0.25) is 39.2 Å². The highest BCUT2D eigenvalue weighted by atomic mass is 35.5. The Morgan fingerprint density at radius 2 is 1.62 bits per heavy atom. The minimum absolute atomic E-state index is 0.111. The number of imide groups is 1. The first-order chi connectivity index (χ1) is 29.6. The van der Waals surface area contributed by atoms with Crippen molar-refractivity contribution in [1.82, 2.24) is 35.0 Å². The van der Waals surface area contributed by atoms with Crippen LogP contribution < -0.4 is 15.5 Å². The number of nitrogens with one attached hydrogen (secondary N) is 2. The van der Waals surface area contributed by atoms with Gasteiger partial charge in [-0.25, -0.2) is 9.97 Å². The third kappa shape index (κ3) is 7.76. The fraction of sp³-hybridized carbons (Fsp3) is 0.435. The van der Waals surface area contributed by atoms with Crippen LogP contribution in [0.2, 0.25) is 5.02 Å². The van der Waals surface area contributed by atoms with Crippen molar-refractivity contribution in [1.29, 1.82) is 0 Å². The molecule has 0 radical (unpaired) electrons. The average molecular weight is 842 g/mol. The lowest BCUT2D eigenvalue weighted by Crippen LogP contribution is -2.52. The van der Waals surface area contributed by atoms with Crippen LogP contribution in [0.4, 0.5) is 17.3 Å². The van der Waals surface area contributed by atoms with Crippen molar-refractivity contribution in [3.8, 4) is 11.3 Å². The molecule has 314 valence electrons. The van der Waals surface area contributed by atoms with Crippen LogP contribution in [0.3, 0.4) is 0 Å². The Balaban J connectivity index is 0.708. The lowest BCUT2D eigenvalue weighted by atomic mass is 9.77. The fourth-order valence-electron chi connectivity index (χ4n) is 10.0. The number of benzene rings is 2. The number of amides is 5. The van der Waals surface area contributed by atoms with E-state index < -0.39 is 17.4 Å². The maximum absolute atomic E-state index is 14.1. The summed E-state index contributed by atoms with van der Waals surface area (Å²) in [5.41, 5.74) is 6.52. The van der Waals surface area contributed by atoms with E-state index in [1.807, 2.05) is 40.1 Å². The van der Waals surface area contributed by atoms with Crippen molar-refractivity contribution in [2.24, 2.45) is 5.41 Å². The van der Waals surface area contributed by atoms with Gasteiger partial charge in [-0.05, 0) is 111 Å². The summed E-state index contributed by atoms with van der Waals surface area (Å²) in [4.78, 5) is 86.1. The normalized spacial score (nSPS) is 21.9. The highest BCUT2D eigenvalue weighted by Gasteiger charge is 2.49. The van der Waals surface area contributed by atoms with E-state index in [0.717, 1.165) is 41.6 Å². The number of hydrogen-bond donors (Lipinski definition) is 2. The molecule has 1 unspecified atom stereocenters. The van der Waals surface area contributed by atoms with E-state index in [9.17, 15) is 24.0 Å². The molecule has 4 saturated heterocycles. The van der Waals surface area contributed by atoms with Gasteiger partial charge in [0.1, 0.15) is 6.04 Å². The van der Waals surface area contributed by atoms with Crippen molar-refractivity contribution < 1.29 is 24.0 Å². The number of piperidine rings is 3. The molecule has 5 fully saturated rings. The van der Waals surface area contributed by atoms with Gasteiger partial charge in [0.25, 0.3) is 5.91 Å². The van der Waals surface area contributed by atoms with Crippen LogP contribution in [0.25, 0.3) is 11.3 Å². The Labute approximate surface area is 359 Å². The molecule has 0 bridgehead atoms. The molecule has 4 aromatic rings. The second-order valence-electron chi connectivity index (χ2n) is 17.6. The summed E-state index contributed by atoms with van der Waals surface area (Å²) in [6.07, 6.45) is 11.8. The van der Waals surface area contributed by atoms with Gasteiger partial charge in [0.2, 0.25) is 29.6 Å². The Morgan fingerprint density at radius 3 is 2.41 bits per heavy atom. The molecular weight excluding hydrogens is 794 g/mol. The predicted molar refractivity (Wildman–Crippen MR) is 228 cm³/mol. The molecule has 1 spiro atoms. The van der Waals surface area contributed by atoms with Crippen molar-refractivity contribution in [3.63, 3.8) is 0 Å². The topological polar surface area (TPSA) is 161 Å². The van der Waals surface area contributed by atoms with Crippen LogP contribution in [-0.2, 0) is 25.7 Å². The van der Waals surface area contributed by atoms with Crippen LogP contribution in [-0.4, -0.2) is 104 Å². The lowest BCUT2D eigenvalue weighted by molar-refractivity contribution is -0.137. The number of rotatable bonds is 9. The third-order valence-corrected chi connectivity index (χ3v) is 14.1. The van der Waals surface area contributed by atoms with E-state index in [4.69, 9.17) is 16.6 Å². The number of pyridine rings is 1. The molecular formula is C46H48ClN9O5. The number of nitrogens with zero attached hydrogens (tertiary/aromatic N) is 7. The zero-order valence-electron chi connectivity index (χ0n) is 33.9. The molecule has 1 aliphatic carbocycles. The van der Waals surface area contributed by atoms with Crippen LogP contribution in [0, 0.1) is 5.41 Å². The van der Waals surface area contributed by atoms with E-state index in [0.29, 0.717) is 98.9 Å². The van der Waals surface area contributed by atoms with E-state index >= 15 is 0 Å². The van der Waals surface area contributed by atoms with Crippen LogP contribution in [0.5, 0.6) is 0 Å². The van der Waals surface area contributed by atoms with Gasteiger partial charge in [0.15, 0.2) is 0 Å². The van der Waals surface area contributed by atoms with Gasteiger partial charge in [0, 0.05) is 43.7 Å². The summed E-state index contributed by atoms with van der Waals surface area (Å²) in [6.45, 7) is 4.00. The maximum atomic E-state index is 14.1. The average Bonchev–Trinajstić information content (AvgIpc) is 4.02. The number of carbonyl (C=O) groups is 5. The van der Waals surface area contributed by atoms with E-state index in [2.05, 4.69) is 43.7 Å². The van der Waals surface area contributed by atoms with Gasteiger partial charge in [0.05, 0.1) is 52.6 Å². The molecule has 5 aliphatic heterocycles. The second kappa shape index (κ2) is 15.9. The molecule has 14 nitrogen and oxygen atoms in total. The summed E-state index contributed by atoms with van der Waals surface area (Å²) in [5, 5.41) is 6.11. The minimum Gasteiger partial charge on any atom is -0.342 e. The molecule has 2 aromatic heterocycles. The van der Waals surface area contributed by atoms with Crippen molar-refractivity contribution >= 4 is 58.5 Å². The summed E-state index contributed by atoms with van der Waals surface area (Å²) >= 11 is 6.56. The predicted octanol–water partition coefficient (Wildman–Crippen LogP) is 5.80. The quantitative estimate of drug-likeness (QED) is 0.197. The summed E-state index contributed by atoms with van der Waals surface area (Å²) in [6, 6.07) is 15.6. The number of fused-ring (bicyclic) bond motifs is 1. The molecule has 15 heteroatoms. The Hall–Kier alpha value is -5.73. The van der Waals surface area contributed by atoms with Crippen LogP contribution in [0.1, 0.15) is 96.7 Å². The van der Waals surface area contributed by atoms with Crippen LogP contribution >= 0.6 is 11.6 Å². The molecule has 10 rings (SSSR count). The summed E-state index contributed by atoms with van der Waals surface area (Å²) in [5.74, 6) is 0.626. The molecule has 5 amide bonds. The van der Waals surface area contributed by atoms with Crippen molar-refractivity contribution in [3.05, 3.63) is 94.4 Å². The number of hydrogen-bond acceptors (Lipinski definition) is 10. The maximum Gasteiger partial charge on any atom is 0.255 e. The zero-order chi connectivity index (χ0) is 41.8. The molecule has 1 atom stereocenters. The van der Waals surface area contributed by atoms with Gasteiger partial charge in [-0.2, -0.15) is 0 Å². The first kappa shape index (κ1) is 39.4. The molecule has 2 aromatic carbocycles.